The van der Waals surface area contributed by atoms with Gasteiger partial charge in [-0.15, -0.1) is 23.5 Å². The average molecular weight is 477 g/mol. The summed E-state index contributed by atoms with van der Waals surface area (Å²) in [6.45, 7) is 12.9. The van der Waals surface area contributed by atoms with Gasteiger partial charge in [0.2, 0.25) is 0 Å². The Morgan fingerprint density at radius 2 is 1.59 bits per heavy atom. The Hall–Kier alpha value is 0.440. The number of fused-ring (bicyclic) bond motifs is 5. The second kappa shape index (κ2) is 10.2. The SMILES string of the molecule is CSC(SC)=C1CC[C@@]2(C)C(CC[C@H]3[C@@H]4CC[C@H]([C@H](C)CCCC(C)C)[C@@]4(C)CC[C@@H]32)C1. The van der Waals surface area contributed by atoms with E-state index in [1.165, 1.54) is 64.2 Å². The molecule has 0 aliphatic heterocycles. The Morgan fingerprint density at radius 3 is 2.28 bits per heavy atom. The number of thioether (sulfide) groups is 2. The first-order valence-electron chi connectivity index (χ1n) is 14.0. The largest absolute Gasteiger partial charge is 0.123 e. The smallest absolute Gasteiger partial charge is 0.0387 e. The molecule has 4 aliphatic carbocycles. The lowest BCUT2D eigenvalue weighted by molar-refractivity contribution is -0.109. The normalized spacial score (nSPS) is 42.4. The van der Waals surface area contributed by atoms with Crippen LogP contribution in [0.4, 0.5) is 0 Å². The monoisotopic (exact) mass is 476 g/mol. The van der Waals surface area contributed by atoms with Crippen molar-refractivity contribution in [2.75, 3.05) is 12.5 Å². The van der Waals surface area contributed by atoms with Crippen LogP contribution in [0.2, 0.25) is 0 Å². The molecule has 2 heteroatoms. The fourth-order valence-corrected chi connectivity index (χ4v) is 11.3. The molecule has 0 radical (unpaired) electrons. The van der Waals surface area contributed by atoms with Gasteiger partial charge in [0.15, 0.2) is 0 Å². The summed E-state index contributed by atoms with van der Waals surface area (Å²) < 4.78 is 1.63. The highest BCUT2D eigenvalue weighted by Crippen LogP contribution is 2.69. The van der Waals surface area contributed by atoms with Crippen LogP contribution < -0.4 is 0 Å². The maximum Gasteiger partial charge on any atom is 0.0387 e. The van der Waals surface area contributed by atoms with E-state index in [1.807, 2.05) is 29.1 Å². The lowest BCUT2D eigenvalue weighted by Crippen LogP contribution is -2.53. The van der Waals surface area contributed by atoms with Gasteiger partial charge in [-0.2, -0.15) is 0 Å². The van der Waals surface area contributed by atoms with E-state index in [0.29, 0.717) is 10.8 Å². The summed E-state index contributed by atoms with van der Waals surface area (Å²) in [6.07, 6.45) is 22.4. The van der Waals surface area contributed by atoms with E-state index < -0.39 is 0 Å². The van der Waals surface area contributed by atoms with Crippen LogP contribution in [-0.2, 0) is 0 Å². The van der Waals surface area contributed by atoms with Crippen molar-refractivity contribution in [3.63, 3.8) is 0 Å². The Labute approximate surface area is 209 Å². The minimum atomic E-state index is 0.622. The molecule has 4 aliphatic rings. The molecule has 0 amide bonds. The molecular weight excluding hydrogens is 424 g/mol. The summed E-state index contributed by atoms with van der Waals surface area (Å²) in [7, 11) is 0. The van der Waals surface area contributed by atoms with E-state index in [-0.39, 0.29) is 0 Å². The third-order valence-corrected chi connectivity index (χ3v) is 13.7. The standard InChI is InChI=1S/C30H52S2/c1-20(2)9-8-10-21(3)25-13-14-26-24-12-11-23-19-22(28(31-6)32-7)15-17-29(23,4)27(24)16-18-30(25,26)5/h20-21,23-27H,8-19H2,1-7H3/t21-,23?,24+,25-,26+,27+,29+,30-/m1/s1. The molecule has 0 aromatic rings. The van der Waals surface area contributed by atoms with E-state index >= 15 is 0 Å². The van der Waals surface area contributed by atoms with Crippen molar-refractivity contribution in [1.29, 1.82) is 0 Å². The van der Waals surface area contributed by atoms with Crippen LogP contribution in [0, 0.1) is 52.3 Å². The molecule has 8 atom stereocenters. The molecule has 4 rings (SSSR count). The van der Waals surface area contributed by atoms with Crippen molar-refractivity contribution in [3.8, 4) is 0 Å². The minimum Gasteiger partial charge on any atom is -0.123 e. The van der Waals surface area contributed by atoms with Crippen LogP contribution in [0.3, 0.4) is 0 Å². The highest BCUT2D eigenvalue weighted by molar-refractivity contribution is 8.21. The van der Waals surface area contributed by atoms with Gasteiger partial charge in [0.25, 0.3) is 0 Å². The summed E-state index contributed by atoms with van der Waals surface area (Å²) in [4.78, 5) is 0. The molecule has 184 valence electrons. The van der Waals surface area contributed by atoms with Crippen LogP contribution in [0.25, 0.3) is 0 Å². The van der Waals surface area contributed by atoms with Gasteiger partial charge in [-0.1, -0.05) is 53.9 Å². The zero-order valence-corrected chi connectivity index (χ0v) is 24.0. The van der Waals surface area contributed by atoms with E-state index in [2.05, 4.69) is 47.1 Å². The van der Waals surface area contributed by atoms with Crippen molar-refractivity contribution in [3.05, 3.63) is 9.81 Å². The first kappa shape index (κ1) is 25.5. The summed E-state index contributed by atoms with van der Waals surface area (Å²) in [5.41, 5.74) is 3.07. The van der Waals surface area contributed by atoms with E-state index in [9.17, 15) is 0 Å². The van der Waals surface area contributed by atoms with E-state index in [0.717, 1.165) is 41.4 Å². The van der Waals surface area contributed by atoms with Crippen molar-refractivity contribution >= 4 is 23.5 Å². The zero-order valence-electron chi connectivity index (χ0n) is 22.3. The predicted molar refractivity (Wildman–Crippen MR) is 147 cm³/mol. The minimum absolute atomic E-state index is 0.622. The van der Waals surface area contributed by atoms with Crippen molar-refractivity contribution in [2.45, 2.75) is 112 Å². The van der Waals surface area contributed by atoms with E-state index in [1.54, 1.807) is 17.1 Å². The maximum atomic E-state index is 2.75. The summed E-state index contributed by atoms with van der Waals surface area (Å²) in [5, 5.41) is 0. The Balaban J connectivity index is 1.46. The Bertz CT molecular complexity index is 674. The first-order chi connectivity index (χ1) is 15.2. The molecular formula is C30H52S2. The second-order valence-electron chi connectivity index (χ2n) is 13.2. The van der Waals surface area contributed by atoms with Gasteiger partial charge in [-0.3, -0.25) is 0 Å². The number of hydrogen-bond acceptors (Lipinski definition) is 2. The van der Waals surface area contributed by atoms with Gasteiger partial charge in [0, 0.05) is 4.24 Å². The van der Waals surface area contributed by atoms with Crippen molar-refractivity contribution in [1.82, 2.24) is 0 Å². The lowest BCUT2D eigenvalue weighted by atomic mass is 9.44. The first-order valence-corrected chi connectivity index (χ1v) is 16.5. The van der Waals surface area contributed by atoms with Gasteiger partial charge in [0.1, 0.15) is 0 Å². The molecule has 32 heavy (non-hydrogen) atoms. The van der Waals surface area contributed by atoms with Crippen LogP contribution in [0.1, 0.15) is 112 Å². The number of hydrogen-bond donors (Lipinski definition) is 0. The molecule has 1 unspecified atom stereocenters. The molecule has 0 aromatic carbocycles. The van der Waals surface area contributed by atoms with Crippen molar-refractivity contribution < 1.29 is 0 Å². The zero-order chi connectivity index (χ0) is 23.1. The van der Waals surface area contributed by atoms with Gasteiger partial charge in [0.05, 0.1) is 0 Å². The lowest BCUT2D eigenvalue weighted by Gasteiger charge is -2.61. The highest BCUT2D eigenvalue weighted by Gasteiger charge is 2.60. The molecule has 0 spiro atoms. The molecule has 4 saturated carbocycles. The van der Waals surface area contributed by atoms with E-state index in [4.69, 9.17) is 0 Å². The van der Waals surface area contributed by atoms with Crippen LogP contribution in [-0.4, -0.2) is 12.5 Å². The topological polar surface area (TPSA) is 0 Å². The van der Waals surface area contributed by atoms with Crippen LogP contribution in [0.15, 0.2) is 9.81 Å². The van der Waals surface area contributed by atoms with Crippen LogP contribution in [0.5, 0.6) is 0 Å². The van der Waals surface area contributed by atoms with Gasteiger partial charge < -0.3 is 0 Å². The molecule has 0 saturated heterocycles. The van der Waals surface area contributed by atoms with Crippen LogP contribution >= 0.6 is 23.5 Å². The third-order valence-electron chi connectivity index (χ3n) is 11.4. The molecule has 4 fully saturated rings. The second-order valence-corrected chi connectivity index (χ2v) is 15.1. The van der Waals surface area contributed by atoms with Gasteiger partial charge >= 0.3 is 0 Å². The fraction of sp³-hybridized carbons (Fsp3) is 0.933. The third kappa shape index (κ3) is 4.52. The number of rotatable bonds is 7. The predicted octanol–water partition coefficient (Wildman–Crippen LogP) is 10.0. The number of allylic oxidation sites excluding steroid dienone is 1. The fourth-order valence-electron chi connectivity index (χ4n) is 9.66. The molecule has 0 N–H and O–H groups in total. The highest BCUT2D eigenvalue weighted by atomic mass is 32.2. The molecule has 0 aromatic heterocycles. The summed E-state index contributed by atoms with van der Waals surface area (Å²) in [5.74, 6) is 6.84. The van der Waals surface area contributed by atoms with Gasteiger partial charge in [-0.25, -0.2) is 0 Å². The molecule has 0 nitrogen and oxygen atoms in total. The average Bonchev–Trinajstić information content (AvgIpc) is 3.11. The molecule has 0 bridgehead atoms. The molecule has 0 heterocycles. The Kier molecular flexibility index (Phi) is 8.14. The summed E-state index contributed by atoms with van der Waals surface area (Å²) >= 11 is 4.00. The van der Waals surface area contributed by atoms with Crippen molar-refractivity contribution in [2.24, 2.45) is 52.3 Å². The maximum absolute atomic E-state index is 2.75. The summed E-state index contributed by atoms with van der Waals surface area (Å²) in [6, 6.07) is 0. The van der Waals surface area contributed by atoms with Gasteiger partial charge in [-0.05, 0) is 128 Å². The quantitative estimate of drug-likeness (QED) is 0.358. The Morgan fingerprint density at radius 1 is 0.875 bits per heavy atom.